The molecular weight excluding hydrogens is 405 g/mol. The third-order valence-corrected chi connectivity index (χ3v) is 5.97. The predicted molar refractivity (Wildman–Crippen MR) is 121 cm³/mol. The molecule has 0 unspecified atom stereocenters. The van der Waals surface area contributed by atoms with E-state index in [0.29, 0.717) is 24.2 Å². The number of hydrogen-bond acceptors (Lipinski definition) is 4. The van der Waals surface area contributed by atoms with E-state index in [2.05, 4.69) is 25.4 Å². The van der Waals surface area contributed by atoms with Gasteiger partial charge in [-0.15, -0.1) is 0 Å². The fraction of sp³-hybridized carbons (Fsp3) is 0.240. The van der Waals surface area contributed by atoms with Crippen molar-refractivity contribution < 1.29 is 9.18 Å². The van der Waals surface area contributed by atoms with E-state index in [9.17, 15) is 9.18 Å². The van der Waals surface area contributed by atoms with Gasteiger partial charge in [0.15, 0.2) is 0 Å². The van der Waals surface area contributed by atoms with Gasteiger partial charge in [-0.25, -0.2) is 4.39 Å². The number of amides is 1. The lowest BCUT2D eigenvalue weighted by molar-refractivity contribution is 0.0900. The highest BCUT2D eigenvalue weighted by atomic mass is 19.1. The molecule has 162 valence electrons. The van der Waals surface area contributed by atoms with Gasteiger partial charge in [0.25, 0.3) is 5.91 Å². The standard InChI is InChI=1S/C25H24FN5O/c26-22-6-2-1-4-19(22)15-31-13-3-5-20(16-31)28-25(32)18-7-8-23-21(14-18)24(30-29-23)17-9-11-27-12-10-17/h1-2,4,6-12,14,20H,3,5,13,15-16H2,(H,28,32)(H,29,30)/t20-/m1/s1. The summed E-state index contributed by atoms with van der Waals surface area (Å²) in [6, 6.07) is 16.3. The van der Waals surface area contributed by atoms with Gasteiger partial charge in [0.2, 0.25) is 0 Å². The van der Waals surface area contributed by atoms with Crippen molar-refractivity contribution in [2.75, 3.05) is 13.1 Å². The van der Waals surface area contributed by atoms with E-state index >= 15 is 0 Å². The van der Waals surface area contributed by atoms with Crippen LogP contribution < -0.4 is 5.32 Å². The van der Waals surface area contributed by atoms with Gasteiger partial charge in [0.05, 0.1) is 5.52 Å². The average Bonchev–Trinajstić information content (AvgIpc) is 3.25. The maximum absolute atomic E-state index is 14.0. The number of hydrogen-bond donors (Lipinski definition) is 2. The quantitative estimate of drug-likeness (QED) is 0.500. The Balaban J connectivity index is 1.30. The molecule has 0 saturated carbocycles. The molecule has 0 aliphatic carbocycles. The molecule has 7 heteroatoms. The first kappa shape index (κ1) is 20.3. The summed E-state index contributed by atoms with van der Waals surface area (Å²) in [7, 11) is 0. The van der Waals surface area contributed by atoms with Crippen LogP contribution in [0.25, 0.3) is 22.2 Å². The van der Waals surface area contributed by atoms with Crippen molar-refractivity contribution in [3.8, 4) is 11.3 Å². The molecule has 2 aromatic heterocycles. The summed E-state index contributed by atoms with van der Waals surface area (Å²) in [5.74, 6) is -0.288. The molecule has 0 radical (unpaired) electrons. The zero-order valence-electron chi connectivity index (χ0n) is 17.6. The van der Waals surface area contributed by atoms with Gasteiger partial charge in [-0.05, 0) is 55.8 Å². The molecule has 3 heterocycles. The third-order valence-electron chi connectivity index (χ3n) is 5.97. The predicted octanol–water partition coefficient (Wildman–Crippen LogP) is 4.16. The number of piperidine rings is 1. The largest absolute Gasteiger partial charge is 0.348 e. The smallest absolute Gasteiger partial charge is 0.251 e. The van der Waals surface area contributed by atoms with E-state index in [0.717, 1.165) is 41.5 Å². The molecular formula is C25H24FN5O. The number of aromatic nitrogens is 3. The first-order chi connectivity index (χ1) is 15.7. The van der Waals surface area contributed by atoms with E-state index in [4.69, 9.17) is 0 Å². The summed E-state index contributed by atoms with van der Waals surface area (Å²) in [6.45, 7) is 2.16. The lowest BCUT2D eigenvalue weighted by atomic mass is 10.0. The van der Waals surface area contributed by atoms with Crippen LogP contribution in [0.4, 0.5) is 4.39 Å². The van der Waals surface area contributed by atoms with Crippen LogP contribution in [-0.4, -0.2) is 45.1 Å². The summed E-state index contributed by atoms with van der Waals surface area (Å²) >= 11 is 0. The number of aromatic amines is 1. The van der Waals surface area contributed by atoms with E-state index in [1.807, 2.05) is 42.5 Å². The van der Waals surface area contributed by atoms with Gasteiger partial charge in [-0.2, -0.15) is 5.10 Å². The number of H-pyrrole nitrogens is 1. The topological polar surface area (TPSA) is 73.9 Å². The Morgan fingerprint density at radius 2 is 2.00 bits per heavy atom. The van der Waals surface area contributed by atoms with Gasteiger partial charge in [-0.3, -0.25) is 19.8 Å². The van der Waals surface area contributed by atoms with Crippen LogP contribution in [0.5, 0.6) is 0 Å². The van der Waals surface area contributed by atoms with Gasteiger partial charge in [0, 0.05) is 53.6 Å². The molecule has 1 amide bonds. The molecule has 4 aromatic rings. The molecule has 5 rings (SSSR count). The lowest BCUT2D eigenvalue weighted by Crippen LogP contribution is -2.47. The van der Waals surface area contributed by atoms with Crippen LogP contribution in [0, 0.1) is 5.82 Å². The lowest BCUT2D eigenvalue weighted by Gasteiger charge is -2.33. The van der Waals surface area contributed by atoms with Gasteiger partial charge in [0.1, 0.15) is 11.5 Å². The summed E-state index contributed by atoms with van der Waals surface area (Å²) in [5, 5.41) is 11.5. The zero-order valence-corrected chi connectivity index (χ0v) is 17.6. The Labute approximate surface area is 185 Å². The van der Waals surface area contributed by atoms with E-state index in [1.165, 1.54) is 6.07 Å². The molecule has 0 spiro atoms. The van der Waals surface area contributed by atoms with Crippen molar-refractivity contribution in [3.05, 3.63) is 83.9 Å². The second-order valence-electron chi connectivity index (χ2n) is 8.21. The maximum atomic E-state index is 14.0. The summed E-state index contributed by atoms with van der Waals surface area (Å²) in [5.41, 5.74) is 3.90. The van der Waals surface area contributed by atoms with Crippen LogP contribution >= 0.6 is 0 Å². The number of carbonyl (C=O) groups is 1. The summed E-state index contributed by atoms with van der Waals surface area (Å²) in [6.07, 6.45) is 5.33. The monoisotopic (exact) mass is 429 g/mol. The van der Waals surface area contributed by atoms with Gasteiger partial charge in [-0.1, -0.05) is 18.2 Å². The van der Waals surface area contributed by atoms with Crippen molar-refractivity contribution in [1.29, 1.82) is 0 Å². The third kappa shape index (κ3) is 4.24. The number of fused-ring (bicyclic) bond motifs is 1. The second-order valence-corrected chi connectivity index (χ2v) is 8.21. The Kier molecular flexibility index (Phi) is 5.64. The molecule has 2 N–H and O–H groups in total. The number of rotatable bonds is 5. The fourth-order valence-electron chi connectivity index (χ4n) is 4.34. The van der Waals surface area contributed by atoms with Crippen LogP contribution in [0.3, 0.4) is 0 Å². The van der Waals surface area contributed by atoms with Crippen LogP contribution in [0.2, 0.25) is 0 Å². The zero-order chi connectivity index (χ0) is 21.9. The Morgan fingerprint density at radius 1 is 1.16 bits per heavy atom. The number of pyridine rings is 1. The number of likely N-dealkylation sites (tertiary alicyclic amines) is 1. The Morgan fingerprint density at radius 3 is 2.84 bits per heavy atom. The highest BCUT2D eigenvalue weighted by Gasteiger charge is 2.23. The van der Waals surface area contributed by atoms with Crippen LogP contribution in [0.1, 0.15) is 28.8 Å². The average molecular weight is 429 g/mol. The number of benzene rings is 2. The Hall–Kier alpha value is -3.58. The first-order valence-electron chi connectivity index (χ1n) is 10.8. The number of halogens is 1. The molecule has 6 nitrogen and oxygen atoms in total. The minimum Gasteiger partial charge on any atom is -0.348 e. The maximum Gasteiger partial charge on any atom is 0.251 e. The number of nitrogens with one attached hydrogen (secondary N) is 2. The summed E-state index contributed by atoms with van der Waals surface area (Å²) < 4.78 is 14.0. The van der Waals surface area contributed by atoms with Crippen molar-refractivity contribution in [3.63, 3.8) is 0 Å². The molecule has 2 aromatic carbocycles. The second kappa shape index (κ2) is 8.88. The van der Waals surface area contributed by atoms with Crippen LogP contribution in [-0.2, 0) is 6.54 Å². The molecule has 1 saturated heterocycles. The van der Waals surface area contributed by atoms with E-state index in [-0.39, 0.29) is 17.8 Å². The molecule has 1 fully saturated rings. The molecule has 1 aliphatic heterocycles. The Bertz CT molecular complexity index is 1240. The molecule has 1 atom stereocenters. The van der Waals surface area contributed by atoms with Gasteiger partial charge < -0.3 is 5.32 Å². The van der Waals surface area contributed by atoms with E-state index in [1.54, 1.807) is 18.5 Å². The van der Waals surface area contributed by atoms with Crippen LogP contribution in [0.15, 0.2) is 67.0 Å². The van der Waals surface area contributed by atoms with Crippen molar-refractivity contribution in [2.24, 2.45) is 0 Å². The minimum absolute atomic E-state index is 0.0303. The highest BCUT2D eigenvalue weighted by molar-refractivity contribution is 6.01. The number of carbonyl (C=O) groups excluding carboxylic acids is 1. The van der Waals surface area contributed by atoms with Crippen molar-refractivity contribution in [2.45, 2.75) is 25.4 Å². The van der Waals surface area contributed by atoms with Crippen molar-refractivity contribution in [1.82, 2.24) is 25.4 Å². The van der Waals surface area contributed by atoms with Gasteiger partial charge >= 0.3 is 0 Å². The fourth-order valence-corrected chi connectivity index (χ4v) is 4.34. The highest BCUT2D eigenvalue weighted by Crippen LogP contribution is 2.26. The minimum atomic E-state index is -0.183. The first-order valence-corrected chi connectivity index (χ1v) is 10.8. The normalized spacial score (nSPS) is 16.8. The molecule has 0 bridgehead atoms. The molecule has 1 aliphatic rings. The SMILES string of the molecule is O=C(N[C@@H]1CCCN(Cc2ccccc2F)C1)c1ccc2[nH]nc(-c3ccncc3)c2c1. The molecule has 32 heavy (non-hydrogen) atoms. The number of nitrogens with zero attached hydrogens (tertiary/aromatic N) is 3. The van der Waals surface area contributed by atoms with Crippen molar-refractivity contribution >= 4 is 16.8 Å². The summed E-state index contributed by atoms with van der Waals surface area (Å²) in [4.78, 5) is 19.3. The van der Waals surface area contributed by atoms with E-state index < -0.39 is 0 Å².